The van der Waals surface area contributed by atoms with Crippen molar-refractivity contribution in [3.05, 3.63) is 0 Å². The Morgan fingerprint density at radius 2 is 1.79 bits per heavy atom. The zero-order chi connectivity index (χ0) is 10.6. The number of methoxy groups -OCH3 is 1. The summed E-state index contributed by atoms with van der Waals surface area (Å²) in [5.74, 6) is -0.500. The molecule has 0 spiro atoms. The van der Waals surface area contributed by atoms with Gasteiger partial charge in [0.05, 0.1) is 20.3 Å². The molecule has 0 N–H and O–H groups in total. The molecule has 0 bridgehead atoms. The first kappa shape index (κ1) is 11.1. The van der Waals surface area contributed by atoms with E-state index < -0.39 is 0 Å². The van der Waals surface area contributed by atoms with Gasteiger partial charge in [-0.15, -0.1) is 0 Å². The van der Waals surface area contributed by atoms with Gasteiger partial charge in [-0.05, 0) is 0 Å². The number of carbonyl (C=O) groups excluding carboxylic acids is 2. The Morgan fingerprint density at radius 3 is 2.21 bits per heavy atom. The number of rotatable bonds is 4. The van der Waals surface area contributed by atoms with Gasteiger partial charge in [-0.25, -0.2) is 0 Å². The molecule has 0 aromatic carbocycles. The smallest absolute Gasteiger partial charge is 0.245 e. The lowest BCUT2D eigenvalue weighted by Crippen LogP contribution is -2.54. The van der Waals surface area contributed by atoms with Gasteiger partial charge in [0.2, 0.25) is 11.8 Å². The zero-order valence-electron chi connectivity index (χ0n) is 8.36. The van der Waals surface area contributed by atoms with Crippen LogP contribution in [0.5, 0.6) is 0 Å². The molecule has 14 heavy (non-hydrogen) atoms. The molecule has 1 aliphatic rings. The third kappa shape index (κ3) is 2.50. The highest BCUT2D eigenvalue weighted by Crippen LogP contribution is 2.04. The molecule has 1 aliphatic heterocycles. The molecule has 0 radical (unpaired) electrons. The lowest BCUT2D eigenvalue weighted by molar-refractivity contribution is -0.182. The van der Waals surface area contributed by atoms with E-state index in [1.807, 2.05) is 0 Å². The number of amides is 2. The molecule has 1 heterocycles. The van der Waals surface area contributed by atoms with Crippen molar-refractivity contribution in [1.29, 1.82) is 0 Å². The Kier molecular flexibility index (Phi) is 3.99. The van der Waals surface area contributed by atoms with Crippen molar-refractivity contribution in [3.8, 4) is 0 Å². The molecule has 1 fully saturated rings. The highest BCUT2D eigenvalue weighted by Gasteiger charge is 2.30. The molecule has 80 valence electrons. The average Bonchev–Trinajstić information content (AvgIpc) is 2.16. The van der Waals surface area contributed by atoms with E-state index in [-0.39, 0.29) is 24.9 Å². The molecule has 6 heteroatoms. The second-order valence-electron chi connectivity index (χ2n) is 2.91. The Bertz CT molecular complexity index is 213. The van der Waals surface area contributed by atoms with Gasteiger partial charge in [0.1, 0.15) is 13.1 Å². The average molecular weight is 202 g/mol. The molecule has 1 saturated heterocycles. The Balaban J connectivity index is 2.52. The van der Waals surface area contributed by atoms with Crippen LogP contribution in [0.25, 0.3) is 0 Å². The monoisotopic (exact) mass is 202 g/mol. The van der Waals surface area contributed by atoms with Gasteiger partial charge in [-0.3, -0.25) is 14.5 Å². The van der Waals surface area contributed by atoms with E-state index in [0.717, 1.165) is 0 Å². The summed E-state index contributed by atoms with van der Waals surface area (Å²) in [6.07, 6.45) is 0. The number of ether oxygens (including phenoxy) is 1. The summed E-state index contributed by atoms with van der Waals surface area (Å²) in [6.45, 7) is 0.911. The van der Waals surface area contributed by atoms with Gasteiger partial charge in [0, 0.05) is 7.11 Å². The standard InChI is InChI=1S/C8H14N2O4/c1-13-4-3-10-7(11)5-9(14-2)6-8(10)12/h3-6H2,1-2H3. The van der Waals surface area contributed by atoms with Crippen LogP contribution in [0.4, 0.5) is 0 Å². The van der Waals surface area contributed by atoms with Gasteiger partial charge in [-0.1, -0.05) is 0 Å². The first-order chi connectivity index (χ1) is 6.69. The topological polar surface area (TPSA) is 59.1 Å². The van der Waals surface area contributed by atoms with E-state index in [1.54, 1.807) is 0 Å². The fourth-order valence-corrected chi connectivity index (χ4v) is 1.23. The zero-order valence-corrected chi connectivity index (χ0v) is 8.36. The van der Waals surface area contributed by atoms with Crippen molar-refractivity contribution < 1.29 is 19.2 Å². The largest absolute Gasteiger partial charge is 0.383 e. The minimum Gasteiger partial charge on any atom is -0.383 e. The normalized spacial score (nSPS) is 19.1. The summed E-state index contributed by atoms with van der Waals surface area (Å²) >= 11 is 0. The molecular weight excluding hydrogens is 188 g/mol. The van der Waals surface area contributed by atoms with Gasteiger partial charge in [0.15, 0.2) is 0 Å². The van der Waals surface area contributed by atoms with Gasteiger partial charge in [0.25, 0.3) is 0 Å². The molecule has 0 unspecified atom stereocenters. The third-order valence-corrected chi connectivity index (χ3v) is 2.00. The minimum absolute atomic E-state index is 0.117. The maximum atomic E-state index is 11.4. The highest BCUT2D eigenvalue weighted by atomic mass is 16.7. The van der Waals surface area contributed by atoms with Crippen molar-refractivity contribution in [1.82, 2.24) is 9.96 Å². The molecule has 2 amide bonds. The lowest BCUT2D eigenvalue weighted by atomic mass is 10.3. The van der Waals surface area contributed by atoms with Crippen LogP contribution < -0.4 is 0 Å². The van der Waals surface area contributed by atoms with Crippen LogP contribution in [-0.4, -0.2) is 62.2 Å². The summed E-state index contributed by atoms with van der Waals surface area (Å²) in [5, 5.41) is 1.33. The van der Waals surface area contributed by atoms with E-state index >= 15 is 0 Å². The number of imide groups is 1. The van der Waals surface area contributed by atoms with E-state index in [2.05, 4.69) is 0 Å². The Morgan fingerprint density at radius 1 is 1.21 bits per heavy atom. The summed E-state index contributed by atoms with van der Waals surface area (Å²) in [4.78, 5) is 28.8. The number of hydrogen-bond acceptors (Lipinski definition) is 5. The van der Waals surface area contributed by atoms with Gasteiger partial charge in [-0.2, -0.15) is 5.06 Å². The molecule has 0 aromatic heterocycles. The molecule has 0 aromatic rings. The lowest BCUT2D eigenvalue weighted by Gasteiger charge is -2.30. The number of hydrogen-bond donors (Lipinski definition) is 0. The SMILES string of the molecule is COCCN1C(=O)CN(OC)CC1=O. The molecule has 0 atom stereocenters. The van der Waals surface area contributed by atoms with E-state index in [4.69, 9.17) is 9.57 Å². The molecule has 6 nitrogen and oxygen atoms in total. The third-order valence-electron chi connectivity index (χ3n) is 2.00. The fourth-order valence-electron chi connectivity index (χ4n) is 1.23. The van der Waals surface area contributed by atoms with Crippen molar-refractivity contribution in [2.45, 2.75) is 0 Å². The quantitative estimate of drug-likeness (QED) is 0.540. The predicted molar refractivity (Wildman–Crippen MR) is 47.2 cm³/mol. The van der Waals surface area contributed by atoms with E-state index in [1.165, 1.54) is 24.2 Å². The van der Waals surface area contributed by atoms with Crippen LogP contribution in [0.2, 0.25) is 0 Å². The molecular formula is C8H14N2O4. The van der Waals surface area contributed by atoms with Crippen LogP contribution in [0.1, 0.15) is 0 Å². The van der Waals surface area contributed by atoms with Crippen molar-refractivity contribution in [2.75, 3.05) is 40.5 Å². The second-order valence-corrected chi connectivity index (χ2v) is 2.91. The van der Waals surface area contributed by atoms with Gasteiger partial charge >= 0.3 is 0 Å². The minimum atomic E-state index is -0.250. The second kappa shape index (κ2) is 5.04. The maximum absolute atomic E-state index is 11.4. The Labute approximate surface area is 82.3 Å². The first-order valence-corrected chi connectivity index (χ1v) is 4.30. The first-order valence-electron chi connectivity index (χ1n) is 4.30. The van der Waals surface area contributed by atoms with Crippen molar-refractivity contribution in [3.63, 3.8) is 0 Å². The van der Waals surface area contributed by atoms with Crippen LogP contribution in [0.3, 0.4) is 0 Å². The highest BCUT2D eigenvalue weighted by molar-refractivity contribution is 5.99. The number of hydroxylamine groups is 2. The summed E-state index contributed by atoms with van der Waals surface area (Å²) in [7, 11) is 2.96. The predicted octanol–water partition coefficient (Wildman–Crippen LogP) is -1.13. The maximum Gasteiger partial charge on any atom is 0.245 e. The van der Waals surface area contributed by atoms with Crippen LogP contribution in [0.15, 0.2) is 0 Å². The van der Waals surface area contributed by atoms with Gasteiger partial charge < -0.3 is 9.57 Å². The Hall–Kier alpha value is -0.980. The summed E-state index contributed by atoms with van der Waals surface area (Å²) in [5.41, 5.74) is 0. The summed E-state index contributed by atoms with van der Waals surface area (Å²) < 4.78 is 4.80. The number of carbonyl (C=O) groups is 2. The number of nitrogens with zero attached hydrogens (tertiary/aromatic N) is 2. The molecule has 0 aliphatic carbocycles. The van der Waals surface area contributed by atoms with Crippen molar-refractivity contribution >= 4 is 11.8 Å². The van der Waals surface area contributed by atoms with Crippen molar-refractivity contribution in [2.24, 2.45) is 0 Å². The van der Waals surface area contributed by atoms with E-state index in [9.17, 15) is 9.59 Å². The molecule has 1 rings (SSSR count). The number of piperazine rings is 1. The molecule has 0 saturated carbocycles. The van der Waals surface area contributed by atoms with Crippen LogP contribution in [-0.2, 0) is 19.2 Å². The summed E-state index contributed by atoms with van der Waals surface area (Å²) in [6, 6.07) is 0. The van der Waals surface area contributed by atoms with Crippen LogP contribution >= 0.6 is 0 Å². The van der Waals surface area contributed by atoms with E-state index in [0.29, 0.717) is 13.2 Å². The fraction of sp³-hybridized carbons (Fsp3) is 0.750. The van der Waals surface area contributed by atoms with Crippen LogP contribution in [0, 0.1) is 0 Å².